The summed E-state index contributed by atoms with van der Waals surface area (Å²) in [6, 6.07) is 18.9. The molecule has 1 heterocycles. The van der Waals surface area contributed by atoms with Gasteiger partial charge < -0.3 is 20.1 Å². The number of carboxylic acids is 1. The summed E-state index contributed by atoms with van der Waals surface area (Å²) < 4.78 is 34.6. The van der Waals surface area contributed by atoms with Gasteiger partial charge in [0.05, 0.1) is 21.2 Å². The topological polar surface area (TPSA) is 113 Å². The van der Waals surface area contributed by atoms with Gasteiger partial charge in [-0.3, -0.25) is 4.79 Å². The van der Waals surface area contributed by atoms with Gasteiger partial charge in [-0.2, -0.15) is 0 Å². The fraction of sp³-hybridized carbons (Fsp3) is 0.405. The molecule has 0 radical (unpaired) electrons. The van der Waals surface area contributed by atoms with Crippen molar-refractivity contribution >= 4 is 44.9 Å². The first-order valence-electron chi connectivity index (χ1n) is 16.2. The van der Waals surface area contributed by atoms with Crippen molar-refractivity contribution < 1.29 is 27.9 Å². The number of hydrogen-bond acceptors (Lipinski definition) is 7. The van der Waals surface area contributed by atoms with Crippen molar-refractivity contribution in [2.75, 3.05) is 30.1 Å². The highest BCUT2D eigenvalue weighted by atomic mass is 32.2. The van der Waals surface area contributed by atoms with E-state index in [4.69, 9.17) is 4.74 Å². The van der Waals surface area contributed by atoms with Crippen LogP contribution in [0.4, 0.5) is 11.4 Å². The van der Waals surface area contributed by atoms with Crippen LogP contribution in [0.1, 0.15) is 69.5 Å². The van der Waals surface area contributed by atoms with Crippen molar-refractivity contribution in [2.45, 2.75) is 74.6 Å². The average Bonchev–Trinajstić information content (AvgIpc) is 3.16. The van der Waals surface area contributed by atoms with Crippen molar-refractivity contribution in [3.8, 4) is 5.75 Å². The zero-order valence-corrected chi connectivity index (χ0v) is 29.2. The molecule has 0 saturated heterocycles. The lowest BCUT2D eigenvalue weighted by atomic mass is 9.79. The van der Waals surface area contributed by atoms with Crippen LogP contribution in [0, 0.1) is 5.41 Å². The number of carbonyl (C=O) groups is 2. The van der Waals surface area contributed by atoms with Crippen LogP contribution in [0.2, 0.25) is 0 Å². The van der Waals surface area contributed by atoms with Crippen LogP contribution in [0.5, 0.6) is 5.75 Å². The first-order valence-corrected chi connectivity index (χ1v) is 19.1. The van der Waals surface area contributed by atoms with Gasteiger partial charge in [-0.05, 0) is 54.8 Å². The number of carbonyl (C=O) groups excluding carboxylic acids is 1. The molecule has 8 nitrogen and oxygen atoms in total. The van der Waals surface area contributed by atoms with Gasteiger partial charge in [-0.25, -0.2) is 13.2 Å². The molecule has 2 N–H and O–H groups in total. The number of anilines is 2. The summed E-state index contributed by atoms with van der Waals surface area (Å²) >= 11 is 1.39. The van der Waals surface area contributed by atoms with E-state index in [0.717, 1.165) is 49.8 Å². The summed E-state index contributed by atoms with van der Waals surface area (Å²) in [5, 5.41) is 12.4. The maximum atomic E-state index is 14.3. The first kappa shape index (κ1) is 36.1. The maximum Gasteiger partial charge on any atom is 0.330 e. The molecular formula is C37H46N2O6S2. The van der Waals surface area contributed by atoms with Crippen LogP contribution >= 0.6 is 11.8 Å². The number of thioether (sulfide) groups is 1. The molecule has 3 aromatic carbocycles. The van der Waals surface area contributed by atoms with Crippen molar-refractivity contribution in [3.63, 3.8) is 0 Å². The Morgan fingerprint density at radius 1 is 1.06 bits per heavy atom. The molecule has 0 bridgehead atoms. The number of amides is 1. The predicted molar refractivity (Wildman–Crippen MR) is 190 cm³/mol. The van der Waals surface area contributed by atoms with Crippen LogP contribution in [-0.4, -0.2) is 50.6 Å². The summed E-state index contributed by atoms with van der Waals surface area (Å²) in [4.78, 5) is 28.1. The number of unbranched alkanes of at least 4 members (excludes halogenated alkanes) is 2. The third kappa shape index (κ3) is 8.99. The second-order valence-electron chi connectivity index (χ2n) is 12.2. The van der Waals surface area contributed by atoms with Crippen LogP contribution in [0.25, 0.3) is 0 Å². The number of benzene rings is 3. The number of para-hydroxylation sites is 1. The Hall–Kier alpha value is -3.76. The third-order valence-electron chi connectivity index (χ3n) is 8.65. The Balaban J connectivity index is 1.67. The average molecular weight is 679 g/mol. The summed E-state index contributed by atoms with van der Waals surface area (Å²) in [5.74, 6) is -1.55. The minimum atomic E-state index is -3.76. The van der Waals surface area contributed by atoms with Gasteiger partial charge in [0.1, 0.15) is 5.75 Å². The van der Waals surface area contributed by atoms with E-state index in [9.17, 15) is 23.1 Å². The molecule has 0 fully saturated rings. The Labute approximate surface area is 283 Å². The Kier molecular flexibility index (Phi) is 12.6. The van der Waals surface area contributed by atoms with Gasteiger partial charge in [0.25, 0.3) is 5.91 Å². The minimum absolute atomic E-state index is 0.0285. The first-order chi connectivity index (χ1) is 22.6. The number of fused-ring (bicyclic) bond motifs is 1. The summed E-state index contributed by atoms with van der Waals surface area (Å²) in [6.45, 7) is 8.07. The van der Waals surface area contributed by atoms with Crippen LogP contribution in [0.15, 0.2) is 89.2 Å². The maximum absolute atomic E-state index is 14.3. The molecule has 47 heavy (non-hydrogen) atoms. The van der Waals surface area contributed by atoms with E-state index < -0.39 is 39.8 Å². The molecule has 1 amide bonds. The lowest BCUT2D eigenvalue weighted by Gasteiger charge is -2.37. The predicted octanol–water partition coefficient (Wildman–Crippen LogP) is 7.75. The minimum Gasteiger partial charge on any atom is -0.483 e. The van der Waals surface area contributed by atoms with E-state index in [1.54, 1.807) is 36.4 Å². The van der Waals surface area contributed by atoms with E-state index in [1.165, 1.54) is 11.8 Å². The fourth-order valence-corrected chi connectivity index (χ4v) is 8.89. The number of sulfone groups is 1. The lowest BCUT2D eigenvalue weighted by molar-refractivity contribution is -0.142. The number of rotatable bonds is 16. The fourth-order valence-electron chi connectivity index (χ4n) is 6.23. The quantitative estimate of drug-likeness (QED) is 0.117. The van der Waals surface area contributed by atoms with Gasteiger partial charge >= 0.3 is 5.97 Å². The number of nitrogens with one attached hydrogen (secondary N) is 1. The molecule has 252 valence electrons. The highest BCUT2D eigenvalue weighted by Gasteiger charge is 2.42. The van der Waals surface area contributed by atoms with Crippen LogP contribution in [-0.2, 0) is 25.8 Å². The summed E-state index contributed by atoms with van der Waals surface area (Å²) in [5.41, 5.74) is 2.48. The molecule has 1 aliphatic rings. The highest BCUT2D eigenvalue weighted by molar-refractivity contribution is 7.98. The number of carboxylic acid groups (broad SMARTS) is 1. The molecule has 0 aromatic heterocycles. The number of hydrogen-bond donors (Lipinski definition) is 2. The number of allylic oxidation sites excluding steroid dienone is 1. The molecule has 3 aromatic rings. The SMILES string of the molecule is C=CCc1ccc([C@@H](NC(=O)COc2cc3c(cc2SC)N(c2ccccc2)CC(CCCC)(CCCC)CS3(=O)=O)C(=O)O)cc1. The van der Waals surface area contributed by atoms with Gasteiger partial charge in [-0.15, -0.1) is 18.3 Å². The van der Waals surface area contributed by atoms with Crippen molar-refractivity contribution in [3.05, 3.63) is 90.5 Å². The molecule has 1 atom stereocenters. The molecule has 0 aliphatic carbocycles. The normalized spacial score (nSPS) is 15.6. The molecule has 10 heteroatoms. The zero-order valence-electron chi connectivity index (χ0n) is 27.5. The number of nitrogens with zero attached hydrogens (tertiary/aromatic N) is 1. The monoisotopic (exact) mass is 678 g/mol. The number of aliphatic carboxylic acids is 1. The highest BCUT2D eigenvalue weighted by Crippen LogP contribution is 2.47. The smallest absolute Gasteiger partial charge is 0.330 e. The molecular weight excluding hydrogens is 633 g/mol. The summed E-state index contributed by atoms with van der Waals surface area (Å²) in [7, 11) is -3.76. The zero-order chi connectivity index (χ0) is 34.0. The van der Waals surface area contributed by atoms with Gasteiger partial charge in [0, 0.05) is 23.7 Å². The van der Waals surface area contributed by atoms with E-state index in [2.05, 4.69) is 30.6 Å². The van der Waals surface area contributed by atoms with E-state index in [0.29, 0.717) is 29.1 Å². The lowest BCUT2D eigenvalue weighted by Crippen LogP contribution is -2.38. The van der Waals surface area contributed by atoms with Crippen LogP contribution in [0.3, 0.4) is 0 Å². The van der Waals surface area contributed by atoms with Gasteiger partial charge in [0.2, 0.25) is 0 Å². The largest absolute Gasteiger partial charge is 0.483 e. The van der Waals surface area contributed by atoms with Crippen LogP contribution < -0.4 is 15.0 Å². The molecule has 0 spiro atoms. The van der Waals surface area contributed by atoms with Crippen molar-refractivity contribution in [2.24, 2.45) is 5.41 Å². The second kappa shape index (κ2) is 16.4. The van der Waals surface area contributed by atoms with E-state index in [-0.39, 0.29) is 16.4 Å². The Morgan fingerprint density at radius 2 is 1.72 bits per heavy atom. The molecule has 4 rings (SSSR count). The molecule has 0 unspecified atom stereocenters. The standard InChI is InChI=1S/C37H46N2O6S2/c1-5-8-20-37(21-9-6-2)25-39(29-14-11-10-12-15-29)30-22-32(46-4)31(23-33(30)47(43,44)26-37)45-24-34(40)38-35(36(41)42)28-18-16-27(13-7-3)17-19-28/h7,10-12,14-19,22-23,35H,3,5-6,8-9,13,20-21,24-26H2,1-2,4H3,(H,38,40)(H,41,42)/t35-/m1/s1. The van der Waals surface area contributed by atoms with E-state index >= 15 is 0 Å². The van der Waals surface area contributed by atoms with Crippen molar-refractivity contribution in [1.82, 2.24) is 5.32 Å². The Bertz CT molecular complexity index is 1630. The summed E-state index contributed by atoms with van der Waals surface area (Å²) in [6.07, 6.45) is 9.72. The van der Waals surface area contributed by atoms with Gasteiger partial charge in [-0.1, -0.05) is 88.1 Å². The third-order valence-corrected chi connectivity index (χ3v) is 11.4. The number of ether oxygens (including phenoxy) is 1. The second-order valence-corrected chi connectivity index (χ2v) is 15.0. The van der Waals surface area contributed by atoms with Gasteiger partial charge in [0.15, 0.2) is 22.5 Å². The Morgan fingerprint density at radius 3 is 2.30 bits per heavy atom. The molecule has 1 aliphatic heterocycles. The van der Waals surface area contributed by atoms with Crippen molar-refractivity contribution in [1.29, 1.82) is 0 Å². The van der Waals surface area contributed by atoms with E-state index in [1.807, 2.05) is 42.7 Å². The molecule has 0 saturated carbocycles.